The Morgan fingerprint density at radius 2 is 2.03 bits per heavy atom. The highest BCUT2D eigenvalue weighted by molar-refractivity contribution is 14.0. The highest BCUT2D eigenvalue weighted by atomic mass is 127. The summed E-state index contributed by atoms with van der Waals surface area (Å²) in [6, 6.07) is 4.12. The summed E-state index contributed by atoms with van der Waals surface area (Å²) in [6.45, 7) is 3.22. The van der Waals surface area contributed by atoms with E-state index in [0.29, 0.717) is 12.5 Å². The van der Waals surface area contributed by atoms with Crippen LogP contribution in [-0.4, -0.2) is 63.4 Å². The first-order valence-electron chi connectivity index (χ1n) is 10.0. The first kappa shape index (κ1) is 26.8. The van der Waals surface area contributed by atoms with Gasteiger partial charge in [-0.05, 0) is 38.3 Å². The quantitative estimate of drug-likeness (QED) is 0.204. The van der Waals surface area contributed by atoms with Gasteiger partial charge in [0.2, 0.25) is 0 Å². The molecule has 0 bridgehead atoms. The molecule has 0 atom stereocenters. The molecule has 1 fully saturated rings. The third kappa shape index (κ3) is 9.25. The predicted octanol–water partition coefficient (Wildman–Crippen LogP) is 3.60. The van der Waals surface area contributed by atoms with E-state index in [2.05, 4.69) is 25.3 Å². The molecular weight excluding hydrogens is 512 g/mol. The number of nitrogens with one attached hydrogen (secondary N) is 2. The number of ether oxygens (including phenoxy) is 2. The van der Waals surface area contributed by atoms with Crippen LogP contribution in [0.15, 0.2) is 23.2 Å². The summed E-state index contributed by atoms with van der Waals surface area (Å²) < 4.78 is 48.8. The summed E-state index contributed by atoms with van der Waals surface area (Å²) in [7, 11) is 1.71. The summed E-state index contributed by atoms with van der Waals surface area (Å²) >= 11 is 0. The van der Waals surface area contributed by atoms with Crippen LogP contribution in [0.4, 0.5) is 13.2 Å². The third-order valence-corrected chi connectivity index (χ3v) is 4.78. The lowest BCUT2D eigenvalue weighted by molar-refractivity contribution is -0.0506. The fourth-order valence-corrected chi connectivity index (χ4v) is 3.30. The Bertz CT molecular complexity index is 644. The Balaban J connectivity index is 0.00000450. The van der Waals surface area contributed by atoms with Crippen molar-refractivity contribution in [3.8, 4) is 5.75 Å². The van der Waals surface area contributed by atoms with E-state index in [4.69, 9.17) is 4.74 Å². The normalized spacial score (nSPS) is 15.7. The van der Waals surface area contributed by atoms with E-state index in [1.54, 1.807) is 7.11 Å². The molecule has 0 radical (unpaired) electrons. The standard InChI is InChI=1S/C20H31F3N4O2.HI/c1-3-24-20(26-15-8-11-27(12-9-15)10-5-13-28-2)25-14-16-17(21)6-4-7-18(16)29-19(22)23;/h4,6-7,15,19H,3,5,8-14H2,1-2H3,(H2,24,25,26);1H. The van der Waals surface area contributed by atoms with Crippen molar-refractivity contribution >= 4 is 29.9 Å². The maximum Gasteiger partial charge on any atom is 0.387 e. The van der Waals surface area contributed by atoms with E-state index in [1.165, 1.54) is 18.2 Å². The molecule has 0 unspecified atom stereocenters. The molecule has 6 nitrogen and oxygen atoms in total. The third-order valence-electron chi connectivity index (χ3n) is 4.78. The molecule has 30 heavy (non-hydrogen) atoms. The number of benzene rings is 1. The highest BCUT2D eigenvalue weighted by Crippen LogP contribution is 2.24. The van der Waals surface area contributed by atoms with Crippen LogP contribution in [0, 0.1) is 5.82 Å². The minimum Gasteiger partial charge on any atom is -0.434 e. The van der Waals surface area contributed by atoms with E-state index in [9.17, 15) is 13.2 Å². The van der Waals surface area contributed by atoms with Gasteiger partial charge in [0.1, 0.15) is 11.6 Å². The number of alkyl halides is 2. The number of hydrogen-bond donors (Lipinski definition) is 2. The van der Waals surface area contributed by atoms with Gasteiger partial charge in [0.15, 0.2) is 5.96 Å². The fraction of sp³-hybridized carbons (Fsp3) is 0.650. The van der Waals surface area contributed by atoms with Gasteiger partial charge in [-0.1, -0.05) is 6.07 Å². The Labute approximate surface area is 193 Å². The Morgan fingerprint density at radius 3 is 2.67 bits per heavy atom. The molecule has 172 valence electrons. The van der Waals surface area contributed by atoms with Crippen molar-refractivity contribution in [2.45, 2.75) is 45.4 Å². The zero-order valence-electron chi connectivity index (χ0n) is 17.5. The van der Waals surface area contributed by atoms with Crippen LogP contribution in [0.2, 0.25) is 0 Å². The average Bonchev–Trinajstić information content (AvgIpc) is 2.68. The van der Waals surface area contributed by atoms with E-state index in [1.807, 2.05) is 6.92 Å². The topological polar surface area (TPSA) is 58.1 Å². The number of aliphatic imine (C=N–C) groups is 1. The SMILES string of the molecule is CCNC(=NCc1c(F)cccc1OC(F)F)NC1CCN(CCCOC)CC1.I. The number of methoxy groups -OCH3 is 1. The Hall–Kier alpha value is -1.27. The summed E-state index contributed by atoms with van der Waals surface area (Å²) in [4.78, 5) is 6.80. The molecule has 1 aliphatic heterocycles. The predicted molar refractivity (Wildman–Crippen MR) is 122 cm³/mol. The van der Waals surface area contributed by atoms with Gasteiger partial charge >= 0.3 is 6.61 Å². The number of guanidine groups is 1. The molecule has 2 rings (SSSR count). The molecule has 1 aromatic carbocycles. The first-order valence-corrected chi connectivity index (χ1v) is 10.0. The largest absolute Gasteiger partial charge is 0.434 e. The van der Waals surface area contributed by atoms with Crippen molar-refractivity contribution in [1.82, 2.24) is 15.5 Å². The van der Waals surface area contributed by atoms with Gasteiger partial charge < -0.3 is 25.0 Å². The molecule has 0 saturated carbocycles. The molecule has 1 aromatic rings. The monoisotopic (exact) mass is 544 g/mol. The van der Waals surface area contributed by atoms with E-state index in [-0.39, 0.29) is 47.9 Å². The van der Waals surface area contributed by atoms with Crippen molar-refractivity contribution in [1.29, 1.82) is 0 Å². The molecule has 0 amide bonds. The molecule has 10 heteroatoms. The van der Waals surface area contributed by atoms with Crippen molar-refractivity contribution in [3.05, 3.63) is 29.6 Å². The lowest BCUT2D eigenvalue weighted by Gasteiger charge is -2.33. The van der Waals surface area contributed by atoms with Crippen molar-refractivity contribution < 1.29 is 22.6 Å². The zero-order valence-corrected chi connectivity index (χ0v) is 19.8. The van der Waals surface area contributed by atoms with Crippen LogP contribution >= 0.6 is 24.0 Å². The minimum absolute atomic E-state index is 0. The number of piperidine rings is 1. The van der Waals surface area contributed by atoms with Gasteiger partial charge in [-0.2, -0.15) is 8.78 Å². The first-order chi connectivity index (χ1) is 14.0. The van der Waals surface area contributed by atoms with Gasteiger partial charge in [-0.25, -0.2) is 9.38 Å². The average molecular weight is 544 g/mol. The second kappa shape index (κ2) is 14.7. The van der Waals surface area contributed by atoms with E-state index in [0.717, 1.165) is 45.5 Å². The fourth-order valence-electron chi connectivity index (χ4n) is 3.30. The molecule has 0 spiro atoms. The summed E-state index contributed by atoms with van der Waals surface area (Å²) in [5.74, 6) is -0.271. The smallest absolute Gasteiger partial charge is 0.387 e. The summed E-state index contributed by atoms with van der Waals surface area (Å²) in [5.41, 5.74) is 0.0120. The molecule has 1 heterocycles. The lowest BCUT2D eigenvalue weighted by Crippen LogP contribution is -2.48. The second-order valence-corrected chi connectivity index (χ2v) is 6.90. The lowest BCUT2D eigenvalue weighted by atomic mass is 10.1. The van der Waals surface area contributed by atoms with Crippen LogP contribution in [0.5, 0.6) is 5.75 Å². The van der Waals surface area contributed by atoms with Crippen molar-refractivity contribution in [3.63, 3.8) is 0 Å². The molecule has 0 aromatic heterocycles. The number of rotatable bonds is 10. The molecule has 0 aliphatic carbocycles. The van der Waals surface area contributed by atoms with Crippen LogP contribution in [0.1, 0.15) is 31.7 Å². The molecule has 2 N–H and O–H groups in total. The van der Waals surface area contributed by atoms with E-state index >= 15 is 0 Å². The van der Waals surface area contributed by atoms with E-state index < -0.39 is 12.4 Å². The van der Waals surface area contributed by atoms with Gasteiger partial charge in [0, 0.05) is 45.9 Å². The number of nitrogens with zero attached hydrogens (tertiary/aromatic N) is 2. The maximum absolute atomic E-state index is 14.1. The van der Waals surface area contributed by atoms with Crippen LogP contribution < -0.4 is 15.4 Å². The van der Waals surface area contributed by atoms with Crippen LogP contribution in [0.25, 0.3) is 0 Å². The number of likely N-dealkylation sites (tertiary alicyclic amines) is 1. The minimum atomic E-state index is -3.01. The molecule has 1 aliphatic rings. The Morgan fingerprint density at radius 1 is 1.30 bits per heavy atom. The van der Waals surface area contributed by atoms with Gasteiger partial charge in [0.05, 0.1) is 12.1 Å². The van der Waals surface area contributed by atoms with Crippen LogP contribution in [0.3, 0.4) is 0 Å². The molecule has 1 saturated heterocycles. The molecular formula is C20H32F3IN4O2. The van der Waals surface area contributed by atoms with Crippen LogP contribution in [-0.2, 0) is 11.3 Å². The Kier molecular flexibility index (Phi) is 13.1. The maximum atomic E-state index is 14.1. The number of hydrogen-bond acceptors (Lipinski definition) is 4. The highest BCUT2D eigenvalue weighted by Gasteiger charge is 2.20. The summed E-state index contributed by atoms with van der Waals surface area (Å²) in [6.07, 6.45) is 2.96. The zero-order chi connectivity index (χ0) is 21.1. The van der Waals surface area contributed by atoms with Gasteiger partial charge in [-0.3, -0.25) is 0 Å². The van der Waals surface area contributed by atoms with Gasteiger partial charge in [0.25, 0.3) is 0 Å². The van der Waals surface area contributed by atoms with Gasteiger partial charge in [-0.15, -0.1) is 24.0 Å². The summed E-state index contributed by atoms with van der Waals surface area (Å²) in [5, 5.41) is 6.50. The van der Waals surface area contributed by atoms with Crippen molar-refractivity contribution in [2.24, 2.45) is 4.99 Å². The van der Waals surface area contributed by atoms with Crippen molar-refractivity contribution in [2.75, 3.05) is 39.9 Å². The number of halogens is 4. The second-order valence-electron chi connectivity index (χ2n) is 6.90.